The van der Waals surface area contributed by atoms with Crippen molar-refractivity contribution in [3.05, 3.63) is 41.8 Å². The molecule has 2 N–H and O–H groups in total. The molecule has 2 aromatic rings. The number of hydrogen-bond donors (Lipinski definition) is 2. The fourth-order valence-corrected chi connectivity index (χ4v) is 2.14. The largest absolute Gasteiger partial charge is 0.506 e. The highest BCUT2D eigenvalue weighted by Gasteiger charge is 2.40. The summed E-state index contributed by atoms with van der Waals surface area (Å²) in [7, 11) is 0. The van der Waals surface area contributed by atoms with Gasteiger partial charge in [0.15, 0.2) is 0 Å². The highest BCUT2D eigenvalue weighted by Crippen LogP contribution is 2.48. The van der Waals surface area contributed by atoms with Crippen LogP contribution in [-0.4, -0.2) is 16.2 Å². The van der Waals surface area contributed by atoms with Crippen LogP contribution in [0.5, 0.6) is 5.75 Å². The topological polar surface area (TPSA) is 99.2 Å². The van der Waals surface area contributed by atoms with Gasteiger partial charge in [-0.3, -0.25) is 4.79 Å². The van der Waals surface area contributed by atoms with Gasteiger partial charge in [0.2, 0.25) is 5.91 Å². The van der Waals surface area contributed by atoms with Gasteiger partial charge in [-0.1, -0.05) is 11.7 Å². The minimum absolute atomic E-state index is 0.00638. The van der Waals surface area contributed by atoms with Crippen molar-refractivity contribution in [2.75, 3.05) is 5.32 Å². The summed E-state index contributed by atoms with van der Waals surface area (Å²) in [5, 5.41) is 24.6. The number of hydrogen-bond acceptors (Lipinski definition) is 5. The molecule has 1 amide bonds. The third kappa shape index (κ3) is 2.94. The van der Waals surface area contributed by atoms with Crippen molar-refractivity contribution < 1.29 is 27.6 Å². The second kappa shape index (κ2) is 6.08. The van der Waals surface area contributed by atoms with Crippen molar-refractivity contribution in [1.82, 2.24) is 5.16 Å². The van der Waals surface area contributed by atoms with Gasteiger partial charge in [-0.25, -0.2) is 0 Å². The van der Waals surface area contributed by atoms with E-state index in [1.807, 2.05) is 5.32 Å². The van der Waals surface area contributed by atoms with Crippen molar-refractivity contribution in [2.45, 2.75) is 13.1 Å². The van der Waals surface area contributed by atoms with Crippen LogP contribution in [0.3, 0.4) is 0 Å². The Bertz CT molecular complexity index is 863. The van der Waals surface area contributed by atoms with E-state index < -0.39 is 40.2 Å². The third-order valence-electron chi connectivity index (χ3n) is 3.17. The number of aromatic nitrogens is 1. The number of aryl methyl sites for hydroxylation is 1. The maximum absolute atomic E-state index is 13.6. The predicted molar refractivity (Wildman–Crippen MR) is 76.9 cm³/mol. The molecule has 0 saturated heterocycles. The van der Waals surface area contributed by atoms with E-state index in [1.54, 1.807) is 6.07 Å². The van der Waals surface area contributed by atoms with Crippen LogP contribution in [0.25, 0.3) is 11.1 Å². The highest BCUT2D eigenvalue weighted by molar-refractivity contribution is 6.01. The van der Waals surface area contributed by atoms with E-state index in [4.69, 9.17) is 9.78 Å². The molecule has 124 valence electrons. The minimum atomic E-state index is -4.94. The zero-order valence-corrected chi connectivity index (χ0v) is 12.2. The molecule has 0 spiro atoms. The Morgan fingerprint density at radius 2 is 2.21 bits per heavy atom. The molecule has 0 fully saturated rings. The zero-order valence-electron chi connectivity index (χ0n) is 12.2. The molecule has 0 aliphatic rings. The van der Waals surface area contributed by atoms with Crippen LogP contribution in [0.2, 0.25) is 0 Å². The van der Waals surface area contributed by atoms with Crippen molar-refractivity contribution in [3.63, 3.8) is 0 Å². The minimum Gasteiger partial charge on any atom is -0.506 e. The van der Waals surface area contributed by atoms with E-state index in [2.05, 4.69) is 11.7 Å². The van der Waals surface area contributed by atoms with Gasteiger partial charge in [0.05, 0.1) is 23.0 Å². The second-order valence-electron chi connectivity index (χ2n) is 4.67. The fourth-order valence-electron chi connectivity index (χ4n) is 2.14. The zero-order chi connectivity index (χ0) is 18.1. The predicted octanol–water partition coefficient (Wildman–Crippen LogP) is 3.37. The summed E-state index contributed by atoms with van der Waals surface area (Å²) in [4.78, 5) is 11.4. The number of carbonyl (C=O) groups is 1. The molecule has 0 bridgehead atoms. The van der Waals surface area contributed by atoms with Crippen LogP contribution >= 0.6 is 0 Å². The first-order valence-electron chi connectivity index (χ1n) is 6.43. The molecule has 9 heteroatoms. The third-order valence-corrected chi connectivity index (χ3v) is 3.17. The first-order valence-corrected chi connectivity index (χ1v) is 6.43. The smallest absolute Gasteiger partial charge is 0.419 e. The monoisotopic (exact) mass is 337 g/mol. The van der Waals surface area contributed by atoms with E-state index in [-0.39, 0.29) is 11.3 Å². The van der Waals surface area contributed by atoms with E-state index in [0.29, 0.717) is 0 Å². The lowest BCUT2D eigenvalue weighted by Crippen LogP contribution is -2.16. The number of carbonyl (C=O) groups excluding carboxylic acids is 1. The number of nitrogens with zero attached hydrogens (tertiary/aromatic N) is 2. The SMILES string of the molecule is C=CC(=O)Nc1cc(C#N)c(O)c(-c2cnoc2C)c1C(F)(F)F. The summed E-state index contributed by atoms with van der Waals surface area (Å²) < 4.78 is 45.5. The van der Waals surface area contributed by atoms with Gasteiger partial charge in [-0.2, -0.15) is 18.4 Å². The molecule has 0 radical (unpaired) electrons. The molecular weight excluding hydrogens is 327 g/mol. The Kier molecular flexibility index (Phi) is 4.33. The quantitative estimate of drug-likeness (QED) is 0.661. The number of benzene rings is 1. The number of alkyl halides is 3. The highest BCUT2D eigenvalue weighted by atomic mass is 19.4. The lowest BCUT2D eigenvalue weighted by Gasteiger charge is -2.19. The molecule has 2 rings (SSSR count). The van der Waals surface area contributed by atoms with E-state index in [9.17, 15) is 23.1 Å². The Morgan fingerprint density at radius 3 is 2.67 bits per heavy atom. The van der Waals surface area contributed by atoms with E-state index in [0.717, 1.165) is 18.3 Å². The summed E-state index contributed by atoms with van der Waals surface area (Å²) in [5.41, 5.74) is -3.29. The van der Waals surface area contributed by atoms with Crippen molar-refractivity contribution >= 4 is 11.6 Å². The van der Waals surface area contributed by atoms with Crippen molar-refractivity contribution in [3.8, 4) is 22.9 Å². The van der Waals surface area contributed by atoms with E-state index >= 15 is 0 Å². The van der Waals surface area contributed by atoms with Gasteiger partial charge in [0.1, 0.15) is 17.6 Å². The van der Waals surface area contributed by atoms with Gasteiger partial charge in [0, 0.05) is 11.1 Å². The molecule has 0 saturated carbocycles. The standard InChI is InChI=1S/C15H10F3N3O3/c1-3-11(22)21-10-4-8(5-19)14(23)12(13(10)15(16,17)18)9-6-20-24-7(9)2/h3-4,6,23H,1H2,2H3,(H,21,22). The molecule has 0 aliphatic heterocycles. The number of aromatic hydroxyl groups is 1. The molecule has 6 nitrogen and oxygen atoms in total. The Hall–Kier alpha value is -3.28. The van der Waals surface area contributed by atoms with Crippen molar-refractivity contribution in [2.24, 2.45) is 0 Å². The number of phenols is 1. The number of nitriles is 1. The summed E-state index contributed by atoms with van der Waals surface area (Å²) in [6.45, 7) is 4.51. The normalized spacial score (nSPS) is 11.0. The number of rotatable bonds is 3. The van der Waals surface area contributed by atoms with Crippen LogP contribution in [0.1, 0.15) is 16.9 Å². The van der Waals surface area contributed by atoms with Gasteiger partial charge in [-0.05, 0) is 19.1 Å². The maximum atomic E-state index is 13.6. The van der Waals surface area contributed by atoms with Gasteiger partial charge < -0.3 is 14.9 Å². The summed E-state index contributed by atoms with van der Waals surface area (Å²) in [5.74, 6) is -1.78. The molecule has 1 aromatic carbocycles. The number of nitrogens with one attached hydrogen (secondary N) is 1. The first kappa shape index (κ1) is 17.1. The Labute approximate surface area is 133 Å². The van der Waals surface area contributed by atoms with Crippen LogP contribution in [0.4, 0.5) is 18.9 Å². The number of anilines is 1. The lowest BCUT2D eigenvalue weighted by molar-refractivity contribution is -0.136. The van der Waals surface area contributed by atoms with Gasteiger partial charge >= 0.3 is 6.18 Å². The number of phenolic OH excluding ortho intramolecular Hbond substituents is 1. The summed E-state index contributed by atoms with van der Waals surface area (Å²) in [6.07, 6.45) is -3.17. The maximum Gasteiger partial charge on any atom is 0.419 e. The average Bonchev–Trinajstić information content (AvgIpc) is 2.92. The number of halogens is 3. The van der Waals surface area contributed by atoms with Gasteiger partial charge in [0.25, 0.3) is 0 Å². The average molecular weight is 337 g/mol. The molecule has 1 aromatic heterocycles. The second-order valence-corrected chi connectivity index (χ2v) is 4.67. The first-order chi connectivity index (χ1) is 11.2. The Balaban J connectivity index is 2.92. The molecule has 0 atom stereocenters. The Morgan fingerprint density at radius 1 is 1.54 bits per heavy atom. The van der Waals surface area contributed by atoms with Crippen molar-refractivity contribution in [1.29, 1.82) is 5.26 Å². The molecule has 1 heterocycles. The summed E-state index contributed by atoms with van der Waals surface area (Å²) in [6, 6.07) is 2.32. The number of amides is 1. The van der Waals surface area contributed by atoms with Gasteiger partial charge in [-0.15, -0.1) is 0 Å². The molecule has 0 aliphatic carbocycles. The molecule has 0 unspecified atom stereocenters. The van der Waals surface area contributed by atoms with Crippen LogP contribution < -0.4 is 5.32 Å². The molecular formula is C15H10F3N3O3. The van der Waals surface area contributed by atoms with Crippen LogP contribution in [0.15, 0.2) is 29.4 Å². The molecule has 24 heavy (non-hydrogen) atoms. The van der Waals surface area contributed by atoms with Crippen LogP contribution in [0, 0.1) is 18.3 Å². The fraction of sp³-hybridized carbons (Fsp3) is 0.133. The lowest BCUT2D eigenvalue weighted by atomic mass is 9.94. The summed E-state index contributed by atoms with van der Waals surface area (Å²) >= 11 is 0. The van der Waals surface area contributed by atoms with E-state index in [1.165, 1.54) is 6.92 Å². The van der Waals surface area contributed by atoms with Crippen LogP contribution in [-0.2, 0) is 11.0 Å².